The Hall–Kier alpha value is -2.47. The Balaban J connectivity index is 2.37. The summed E-state index contributed by atoms with van der Waals surface area (Å²) in [5.74, 6) is 0.191. The number of aromatic nitrogens is 1. The first-order chi connectivity index (χ1) is 10.1. The van der Waals surface area contributed by atoms with E-state index in [0.717, 1.165) is 0 Å². The molecule has 2 aromatic rings. The van der Waals surface area contributed by atoms with Gasteiger partial charge in [-0.2, -0.15) is 0 Å². The van der Waals surface area contributed by atoms with Crippen LogP contribution >= 0.6 is 11.6 Å². The fraction of sp³-hybridized carbons (Fsp3) is 0.143. The van der Waals surface area contributed by atoms with Gasteiger partial charge in [0.05, 0.1) is 24.9 Å². The predicted octanol–water partition coefficient (Wildman–Crippen LogP) is 2.30. The molecule has 1 heterocycles. The number of amides is 1. The molecule has 0 fully saturated rings. The minimum Gasteiger partial charge on any atom is -0.495 e. The quantitative estimate of drug-likeness (QED) is 0.908. The average molecular weight is 309 g/mol. The van der Waals surface area contributed by atoms with Gasteiger partial charge in [0.25, 0.3) is 11.5 Å². The third kappa shape index (κ3) is 3.17. The lowest BCUT2D eigenvalue weighted by Gasteiger charge is -2.12. The van der Waals surface area contributed by atoms with Gasteiger partial charge in [0.15, 0.2) is 0 Å². The van der Waals surface area contributed by atoms with Gasteiger partial charge in [0.1, 0.15) is 17.1 Å². The molecule has 21 heavy (non-hydrogen) atoms. The Morgan fingerprint density at radius 3 is 2.57 bits per heavy atom. The number of aromatic amines is 1. The summed E-state index contributed by atoms with van der Waals surface area (Å²) in [6.07, 6.45) is 1.45. The van der Waals surface area contributed by atoms with E-state index in [0.29, 0.717) is 22.2 Å². The second kappa shape index (κ2) is 6.32. The van der Waals surface area contributed by atoms with Crippen molar-refractivity contribution in [3.05, 3.63) is 51.4 Å². The molecule has 0 radical (unpaired) electrons. The van der Waals surface area contributed by atoms with Crippen molar-refractivity contribution in [2.24, 2.45) is 0 Å². The average Bonchev–Trinajstić information content (AvgIpc) is 2.48. The number of rotatable bonds is 4. The number of anilines is 1. The van der Waals surface area contributed by atoms with E-state index in [9.17, 15) is 9.59 Å². The van der Waals surface area contributed by atoms with Gasteiger partial charge >= 0.3 is 0 Å². The summed E-state index contributed by atoms with van der Waals surface area (Å²) in [6, 6.07) is 6.03. The number of carbonyl (C=O) groups is 1. The molecule has 1 amide bonds. The van der Waals surface area contributed by atoms with Crippen LogP contribution < -0.4 is 20.3 Å². The lowest BCUT2D eigenvalue weighted by atomic mass is 10.2. The minimum atomic E-state index is -0.556. The van der Waals surface area contributed by atoms with Crippen LogP contribution in [0.25, 0.3) is 0 Å². The number of carbonyl (C=O) groups excluding carboxylic acids is 1. The van der Waals surface area contributed by atoms with Crippen molar-refractivity contribution >= 4 is 23.2 Å². The summed E-state index contributed by atoms with van der Waals surface area (Å²) in [7, 11) is 2.91. The van der Waals surface area contributed by atoms with Crippen LogP contribution in [0.2, 0.25) is 5.02 Å². The molecule has 0 saturated heterocycles. The van der Waals surface area contributed by atoms with Crippen LogP contribution in [0, 0.1) is 0 Å². The maximum Gasteiger partial charge on any atom is 0.261 e. The van der Waals surface area contributed by atoms with Gasteiger partial charge in [-0.3, -0.25) is 9.59 Å². The van der Waals surface area contributed by atoms with Crippen LogP contribution in [0.3, 0.4) is 0 Å². The monoisotopic (exact) mass is 308 g/mol. The zero-order chi connectivity index (χ0) is 15.4. The number of pyridine rings is 1. The van der Waals surface area contributed by atoms with Gasteiger partial charge in [0, 0.05) is 18.3 Å². The van der Waals surface area contributed by atoms with Crippen LogP contribution in [0.4, 0.5) is 5.69 Å². The molecule has 0 saturated carbocycles. The third-order valence-electron chi connectivity index (χ3n) is 2.78. The highest BCUT2D eigenvalue weighted by Gasteiger charge is 2.15. The Bertz CT molecular complexity index is 727. The molecule has 0 aliphatic carbocycles. The highest BCUT2D eigenvalue weighted by atomic mass is 35.5. The number of nitrogens with one attached hydrogen (secondary N) is 2. The first-order valence-corrected chi connectivity index (χ1v) is 6.35. The van der Waals surface area contributed by atoms with E-state index in [-0.39, 0.29) is 5.56 Å². The highest BCUT2D eigenvalue weighted by molar-refractivity contribution is 6.32. The maximum absolute atomic E-state index is 12.1. The molecule has 0 atom stereocenters. The Kier molecular flexibility index (Phi) is 4.49. The van der Waals surface area contributed by atoms with Gasteiger partial charge in [-0.1, -0.05) is 11.6 Å². The maximum atomic E-state index is 12.1. The third-order valence-corrected chi connectivity index (χ3v) is 3.08. The van der Waals surface area contributed by atoms with E-state index < -0.39 is 11.5 Å². The van der Waals surface area contributed by atoms with Gasteiger partial charge in [-0.25, -0.2) is 0 Å². The van der Waals surface area contributed by atoms with Crippen LogP contribution in [-0.4, -0.2) is 25.1 Å². The van der Waals surface area contributed by atoms with E-state index in [2.05, 4.69) is 10.3 Å². The number of hydrogen-bond acceptors (Lipinski definition) is 4. The predicted molar refractivity (Wildman–Crippen MR) is 79.6 cm³/mol. The van der Waals surface area contributed by atoms with Gasteiger partial charge < -0.3 is 19.8 Å². The standard InChI is InChI=1S/C14H13ClN2O4/c1-20-11-7-10(12(21-2)6-9(11)15)17-14(19)8-4-3-5-16-13(8)18/h3-7H,1-2H3,(H,16,18)(H,17,19). The van der Waals surface area contributed by atoms with Crippen molar-refractivity contribution in [3.63, 3.8) is 0 Å². The van der Waals surface area contributed by atoms with E-state index in [1.807, 2.05) is 0 Å². The van der Waals surface area contributed by atoms with Gasteiger partial charge in [-0.05, 0) is 12.1 Å². The van der Waals surface area contributed by atoms with Crippen molar-refractivity contribution in [1.29, 1.82) is 0 Å². The number of hydrogen-bond donors (Lipinski definition) is 2. The van der Waals surface area contributed by atoms with Gasteiger partial charge in [-0.15, -0.1) is 0 Å². The first kappa shape index (κ1) is 14.9. The number of methoxy groups -OCH3 is 2. The molecule has 0 bridgehead atoms. The van der Waals surface area contributed by atoms with Crippen LogP contribution in [0.15, 0.2) is 35.3 Å². The van der Waals surface area contributed by atoms with Gasteiger partial charge in [0.2, 0.25) is 0 Å². The Labute approximate surface area is 125 Å². The van der Waals surface area contributed by atoms with Crippen molar-refractivity contribution < 1.29 is 14.3 Å². The molecule has 0 unspecified atom stereocenters. The molecule has 110 valence electrons. The van der Waals surface area contributed by atoms with Crippen LogP contribution in [0.5, 0.6) is 11.5 Å². The fourth-order valence-electron chi connectivity index (χ4n) is 1.75. The molecule has 1 aromatic carbocycles. The van der Waals surface area contributed by atoms with E-state index >= 15 is 0 Å². The summed E-state index contributed by atoms with van der Waals surface area (Å²) >= 11 is 5.99. The minimum absolute atomic E-state index is 0.00605. The molecular weight excluding hydrogens is 296 g/mol. The summed E-state index contributed by atoms with van der Waals surface area (Å²) in [4.78, 5) is 26.1. The topological polar surface area (TPSA) is 80.4 Å². The summed E-state index contributed by atoms with van der Waals surface area (Å²) in [6.45, 7) is 0. The molecule has 2 rings (SSSR count). The Morgan fingerprint density at radius 1 is 1.24 bits per heavy atom. The summed E-state index contributed by atoms with van der Waals surface area (Å²) in [5, 5.41) is 2.95. The second-order valence-electron chi connectivity index (χ2n) is 4.05. The van der Waals surface area contributed by atoms with Crippen molar-refractivity contribution in [1.82, 2.24) is 4.98 Å². The normalized spacial score (nSPS) is 10.0. The van der Waals surface area contributed by atoms with Crippen molar-refractivity contribution in [3.8, 4) is 11.5 Å². The number of halogens is 1. The lowest BCUT2D eigenvalue weighted by molar-refractivity contribution is 0.102. The van der Waals surface area contributed by atoms with Crippen molar-refractivity contribution in [2.45, 2.75) is 0 Å². The van der Waals surface area contributed by atoms with Crippen LogP contribution in [0.1, 0.15) is 10.4 Å². The largest absolute Gasteiger partial charge is 0.495 e. The highest BCUT2D eigenvalue weighted by Crippen LogP contribution is 2.35. The molecule has 0 spiro atoms. The van der Waals surface area contributed by atoms with Crippen LogP contribution in [-0.2, 0) is 0 Å². The van der Waals surface area contributed by atoms with E-state index in [1.165, 1.54) is 38.6 Å². The summed E-state index contributed by atoms with van der Waals surface area (Å²) in [5.41, 5.74) is -0.129. The fourth-order valence-corrected chi connectivity index (χ4v) is 1.98. The Morgan fingerprint density at radius 2 is 1.95 bits per heavy atom. The molecule has 2 N–H and O–H groups in total. The summed E-state index contributed by atoms with van der Waals surface area (Å²) < 4.78 is 10.2. The van der Waals surface area contributed by atoms with E-state index in [4.69, 9.17) is 21.1 Å². The number of ether oxygens (including phenoxy) is 2. The molecule has 7 heteroatoms. The van der Waals surface area contributed by atoms with E-state index in [1.54, 1.807) is 6.07 Å². The lowest BCUT2D eigenvalue weighted by Crippen LogP contribution is -2.22. The smallest absolute Gasteiger partial charge is 0.261 e. The zero-order valence-corrected chi connectivity index (χ0v) is 12.2. The molecule has 6 nitrogen and oxygen atoms in total. The van der Waals surface area contributed by atoms with Crippen molar-refractivity contribution in [2.75, 3.05) is 19.5 Å². The first-order valence-electron chi connectivity index (χ1n) is 5.97. The molecule has 0 aliphatic rings. The zero-order valence-electron chi connectivity index (χ0n) is 11.4. The second-order valence-corrected chi connectivity index (χ2v) is 4.46. The number of benzene rings is 1. The number of H-pyrrole nitrogens is 1. The molecule has 0 aliphatic heterocycles. The molecule has 1 aromatic heterocycles. The SMILES string of the molecule is COc1cc(NC(=O)c2ccc[nH]c2=O)c(OC)cc1Cl. The molecular formula is C14H13ClN2O4.